The normalized spacial score (nSPS) is 10.4. The lowest BCUT2D eigenvalue weighted by molar-refractivity contribution is 0.282. The van der Waals surface area contributed by atoms with Gasteiger partial charge in [0.15, 0.2) is 0 Å². The molecule has 0 aliphatic heterocycles. The van der Waals surface area contributed by atoms with Crippen LogP contribution in [0.15, 0.2) is 0 Å². The first-order valence-corrected chi connectivity index (χ1v) is 15.1. The van der Waals surface area contributed by atoms with Crippen molar-refractivity contribution in [2.45, 2.75) is 175 Å². The van der Waals surface area contributed by atoms with E-state index in [4.69, 9.17) is 15.3 Å². The summed E-state index contributed by atoms with van der Waals surface area (Å²) in [4.78, 5) is 0. The van der Waals surface area contributed by atoms with Crippen molar-refractivity contribution in [3.63, 3.8) is 0 Å². The summed E-state index contributed by atoms with van der Waals surface area (Å²) in [6, 6.07) is 0. The van der Waals surface area contributed by atoms with E-state index in [2.05, 4.69) is 20.8 Å². The molecular weight excluding hydrogens is 408 g/mol. The largest absolute Gasteiger partial charge is 0.396 e. The zero-order valence-electron chi connectivity index (χ0n) is 23.4. The summed E-state index contributed by atoms with van der Waals surface area (Å²) in [5.41, 5.74) is 0. The molecule has 33 heavy (non-hydrogen) atoms. The van der Waals surface area contributed by atoms with Gasteiger partial charge in [-0.3, -0.25) is 0 Å². The van der Waals surface area contributed by atoms with E-state index in [1.54, 1.807) is 0 Å². The van der Waals surface area contributed by atoms with E-state index in [1.807, 2.05) is 0 Å². The Morgan fingerprint density at radius 2 is 0.394 bits per heavy atom. The highest BCUT2D eigenvalue weighted by molar-refractivity contribution is 4.47. The summed E-state index contributed by atoms with van der Waals surface area (Å²) in [6.45, 7) is 7.82. The van der Waals surface area contributed by atoms with Gasteiger partial charge in [0.25, 0.3) is 0 Å². The number of aliphatic hydroxyl groups excluding tert-OH is 3. The van der Waals surface area contributed by atoms with Gasteiger partial charge in [0, 0.05) is 19.8 Å². The number of aliphatic hydroxyl groups is 3. The second-order valence-electron chi connectivity index (χ2n) is 9.60. The van der Waals surface area contributed by atoms with Crippen LogP contribution in [0.4, 0.5) is 0 Å². The minimum Gasteiger partial charge on any atom is -0.396 e. The van der Waals surface area contributed by atoms with Crippen LogP contribution in [0.2, 0.25) is 0 Å². The van der Waals surface area contributed by atoms with E-state index in [1.165, 1.54) is 135 Å². The van der Waals surface area contributed by atoms with E-state index in [-0.39, 0.29) is 0 Å². The van der Waals surface area contributed by atoms with Gasteiger partial charge in [-0.1, -0.05) is 156 Å². The fourth-order valence-corrected chi connectivity index (χ4v) is 3.74. The van der Waals surface area contributed by atoms with Gasteiger partial charge in [-0.15, -0.1) is 0 Å². The van der Waals surface area contributed by atoms with Gasteiger partial charge in [-0.2, -0.15) is 0 Å². The molecule has 0 bridgehead atoms. The van der Waals surface area contributed by atoms with Crippen LogP contribution in [0.25, 0.3) is 0 Å². The van der Waals surface area contributed by atoms with Crippen molar-refractivity contribution >= 4 is 0 Å². The quantitative estimate of drug-likeness (QED) is 0.122. The Morgan fingerprint density at radius 3 is 0.545 bits per heavy atom. The molecule has 0 aromatic rings. The first-order chi connectivity index (χ1) is 16.2. The minimum atomic E-state index is 0.367. The molecule has 0 aliphatic rings. The fourth-order valence-electron chi connectivity index (χ4n) is 3.74. The average molecular weight is 475 g/mol. The van der Waals surface area contributed by atoms with Crippen molar-refractivity contribution in [1.29, 1.82) is 0 Å². The van der Waals surface area contributed by atoms with E-state index in [0.717, 1.165) is 19.3 Å². The van der Waals surface area contributed by atoms with Gasteiger partial charge in [0.2, 0.25) is 0 Å². The van der Waals surface area contributed by atoms with Gasteiger partial charge in [-0.25, -0.2) is 0 Å². The van der Waals surface area contributed by atoms with Crippen LogP contribution in [0.5, 0.6) is 0 Å². The van der Waals surface area contributed by atoms with E-state index in [0.29, 0.717) is 19.8 Å². The molecule has 0 aromatic carbocycles. The molecule has 3 nitrogen and oxygen atoms in total. The van der Waals surface area contributed by atoms with Crippen LogP contribution < -0.4 is 0 Å². The van der Waals surface area contributed by atoms with Gasteiger partial charge >= 0.3 is 0 Å². The molecule has 0 saturated heterocycles. The van der Waals surface area contributed by atoms with Crippen molar-refractivity contribution < 1.29 is 15.3 Å². The molecule has 0 unspecified atom stereocenters. The Labute approximate surface area is 210 Å². The smallest absolute Gasteiger partial charge is 0.0431 e. The molecule has 204 valence electrons. The zero-order valence-corrected chi connectivity index (χ0v) is 23.4. The van der Waals surface area contributed by atoms with Crippen LogP contribution in [-0.4, -0.2) is 35.1 Å². The predicted octanol–water partition coefficient (Wildman–Crippen LogP) is 9.36. The Hall–Kier alpha value is -0.120. The fraction of sp³-hybridized carbons (Fsp3) is 1.00. The molecule has 0 saturated carbocycles. The molecule has 0 heterocycles. The molecule has 0 fully saturated rings. The molecule has 3 N–H and O–H groups in total. The Balaban J connectivity index is -0.000000416. The van der Waals surface area contributed by atoms with Crippen molar-refractivity contribution in [3.8, 4) is 0 Å². The lowest BCUT2D eigenvalue weighted by Crippen LogP contribution is -1.84. The van der Waals surface area contributed by atoms with Crippen molar-refractivity contribution in [2.75, 3.05) is 19.8 Å². The molecular formula is C30H66O3. The van der Waals surface area contributed by atoms with E-state index >= 15 is 0 Å². The zero-order chi connectivity index (χ0) is 25.1. The second-order valence-corrected chi connectivity index (χ2v) is 9.60. The molecule has 0 spiro atoms. The Morgan fingerprint density at radius 1 is 0.242 bits per heavy atom. The SMILES string of the molecule is CCCCCCCCCCCCO.CCCCCCCCCCO.CCCCCCCCO. The maximum atomic E-state index is 8.57. The standard InChI is InChI=1S/C12H26O.C10H22O.C8H18O/c1-2-3-4-5-6-7-8-9-10-11-12-13;1-2-3-4-5-6-7-8-9-10-11;1-2-3-4-5-6-7-8-9/h13H,2-12H2,1H3;11H,2-10H2,1H3;9H,2-8H2,1H3. The van der Waals surface area contributed by atoms with Crippen molar-refractivity contribution in [2.24, 2.45) is 0 Å². The van der Waals surface area contributed by atoms with Gasteiger partial charge in [0.1, 0.15) is 0 Å². The van der Waals surface area contributed by atoms with E-state index < -0.39 is 0 Å². The number of rotatable bonds is 24. The molecule has 0 radical (unpaired) electrons. The maximum absolute atomic E-state index is 8.57. The lowest BCUT2D eigenvalue weighted by Gasteiger charge is -2.00. The maximum Gasteiger partial charge on any atom is 0.0431 e. The highest BCUT2D eigenvalue weighted by Gasteiger charge is 1.91. The van der Waals surface area contributed by atoms with Crippen LogP contribution in [0.1, 0.15) is 175 Å². The third kappa shape index (κ3) is 49.9. The first kappa shape index (κ1) is 37.4. The summed E-state index contributed by atoms with van der Waals surface area (Å²) in [7, 11) is 0. The number of hydrogen-bond donors (Lipinski definition) is 3. The van der Waals surface area contributed by atoms with Gasteiger partial charge in [0.05, 0.1) is 0 Å². The van der Waals surface area contributed by atoms with Crippen LogP contribution >= 0.6 is 0 Å². The summed E-state index contributed by atoms with van der Waals surface area (Å²) >= 11 is 0. The monoisotopic (exact) mass is 475 g/mol. The lowest BCUT2D eigenvalue weighted by atomic mass is 10.1. The summed E-state index contributed by atoms with van der Waals surface area (Å²) in [5, 5.41) is 25.5. The summed E-state index contributed by atoms with van der Waals surface area (Å²) in [5.74, 6) is 0. The highest BCUT2D eigenvalue weighted by Crippen LogP contribution is 2.10. The molecule has 0 atom stereocenters. The van der Waals surface area contributed by atoms with Crippen molar-refractivity contribution in [3.05, 3.63) is 0 Å². The number of hydrogen-bond acceptors (Lipinski definition) is 3. The first-order valence-electron chi connectivity index (χ1n) is 15.1. The predicted molar refractivity (Wildman–Crippen MR) is 149 cm³/mol. The third-order valence-corrected chi connectivity index (χ3v) is 6.04. The topological polar surface area (TPSA) is 60.7 Å². The molecule has 0 aromatic heterocycles. The molecule has 0 amide bonds. The Bertz CT molecular complexity index is 247. The van der Waals surface area contributed by atoms with E-state index in [9.17, 15) is 0 Å². The van der Waals surface area contributed by atoms with Crippen LogP contribution in [-0.2, 0) is 0 Å². The summed E-state index contributed by atoms with van der Waals surface area (Å²) in [6.07, 6.45) is 31.2. The number of unbranched alkanes of at least 4 members (excludes halogenated alkanes) is 21. The molecule has 0 aliphatic carbocycles. The van der Waals surface area contributed by atoms with Crippen molar-refractivity contribution in [1.82, 2.24) is 0 Å². The van der Waals surface area contributed by atoms with Gasteiger partial charge in [-0.05, 0) is 19.3 Å². The van der Waals surface area contributed by atoms with Crippen LogP contribution in [0.3, 0.4) is 0 Å². The minimum absolute atomic E-state index is 0.367. The Kier molecular flexibility index (Phi) is 47.7. The molecule has 3 heteroatoms. The van der Waals surface area contributed by atoms with Crippen LogP contribution in [0, 0.1) is 0 Å². The highest BCUT2D eigenvalue weighted by atomic mass is 16.3. The third-order valence-electron chi connectivity index (χ3n) is 6.04. The molecule has 0 rings (SSSR count). The average Bonchev–Trinajstić information content (AvgIpc) is 2.83. The second kappa shape index (κ2) is 42.1. The van der Waals surface area contributed by atoms with Gasteiger partial charge < -0.3 is 15.3 Å². The summed E-state index contributed by atoms with van der Waals surface area (Å²) < 4.78 is 0.